The van der Waals surface area contributed by atoms with E-state index in [2.05, 4.69) is 44.2 Å². The maximum Gasteiger partial charge on any atom is 0.0113 e. The third-order valence-electron chi connectivity index (χ3n) is 6.36. The summed E-state index contributed by atoms with van der Waals surface area (Å²) in [7, 11) is 0. The van der Waals surface area contributed by atoms with E-state index < -0.39 is 0 Å². The van der Waals surface area contributed by atoms with E-state index in [4.69, 9.17) is 5.73 Å². The molecule has 1 heteroatoms. The highest BCUT2D eigenvalue weighted by molar-refractivity contribution is 5.22. The average molecular weight is 285 g/mol. The van der Waals surface area contributed by atoms with Crippen LogP contribution < -0.4 is 5.73 Å². The third-order valence-corrected chi connectivity index (χ3v) is 6.36. The smallest absolute Gasteiger partial charge is 0.0113 e. The Bertz CT molecular complexity index is 440. The van der Waals surface area contributed by atoms with E-state index in [-0.39, 0.29) is 0 Å². The molecule has 0 amide bonds. The number of rotatable bonds is 6. The van der Waals surface area contributed by atoms with Crippen LogP contribution in [0.4, 0.5) is 0 Å². The van der Waals surface area contributed by atoms with Crippen LogP contribution in [-0.4, -0.2) is 6.04 Å². The van der Waals surface area contributed by atoms with Crippen LogP contribution in [0.5, 0.6) is 0 Å². The Morgan fingerprint density at radius 1 is 1.14 bits per heavy atom. The molecule has 6 unspecified atom stereocenters. The first-order chi connectivity index (χ1) is 10.2. The second kappa shape index (κ2) is 6.52. The van der Waals surface area contributed by atoms with E-state index >= 15 is 0 Å². The molecule has 0 radical (unpaired) electrons. The molecule has 1 nitrogen and oxygen atoms in total. The van der Waals surface area contributed by atoms with Gasteiger partial charge >= 0.3 is 0 Å². The van der Waals surface area contributed by atoms with Gasteiger partial charge in [-0.05, 0) is 54.9 Å². The van der Waals surface area contributed by atoms with Crippen LogP contribution in [0.3, 0.4) is 0 Å². The highest BCUT2D eigenvalue weighted by Crippen LogP contribution is 2.50. The van der Waals surface area contributed by atoms with Crippen LogP contribution in [-0.2, 0) is 0 Å². The second-order valence-corrected chi connectivity index (χ2v) is 7.66. The minimum absolute atomic E-state index is 0.326. The van der Waals surface area contributed by atoms with Crippen molar-refractivity contribution >= 4 is 0 Å². The Kier molecular flexibility index (Phi) is 4.69. The van der Waals surface area contributed by atoms with E-state index in [1.165, 1.54) is 44.1 Å². The summed E-state index contributed by atoms with van der Waals surface area (Å²) in [6.45, 7) is 4.67. The van der Waals surface area contributed by atoms with Crippen molar-refractivity contribution in [2.45, 2.75) is 64.3 Å². The van der Waals surface area contributed by atoms with Crippen molar-refractivity contribution in [2.24, 2.45) is 29.4 Å². The van der Waals surface area contributed by atoms with Crippen molar-refractivity contribution in [3.05, 3.63) is 35.9 Å². The Morgan fingerprint density at radius 3 is 2.48 bits per heavy atom. The maximum absolute atomic E-state index is 6.74. The van der Waals surface area contributed by atoms with Gasteiger partial charge in [-0.1, -0.05) is 57.0 Å². The molecule has 2 fully saturated rings. The number of hydrogen-bond acceptors (Lipinski definition) is 1. The fraction of sp³-hybridized carbons (Fsp3) is 0.700. The van der Waals surface area contributed by atoms with Crippen LogP contribution in [0, 0.1) is 23.7 Å². The highest BCUT2D eigenvalue weighted by Gasteiger charge is 2.41. The summed E-state index contributed by atoms with van der Waals surface area (Å²) >= 11 is 0. The molecule has 0 aromatic heterocycles. The molecule has 2 aliphatic carbocycles. The van der Waals surface area contributed by atoms with E-state index in [1.54, 1.807) is 0 Å². The molecule has 0 aliphatic heterocycles. The zero-order valence-corrected chi connectivity index (χ0v) is 13.7. The molecule has 116 valence electrons. The Morgan fingerprint density at radius 2 is 1.90 bits per heavy atom. The Hall–Kier alpha value is -0.820. The summed E-state index contributed by atoms with van der Waals surface area (Å²) in [6.07, 6.45) is 8.37. The van der Waals surface area contributed by atoms with Crippen LogP contribution in [0.2, 0.25) is 0 Å². The van der Waals surface area contributed by atoms with Gasteiger partial charge in [-0.3, -0.25) is 0 Å². The van der Waals surface area contributed by atoms with E-state index in [0.717, 1.165) is 17.8 Å². The van der Waals surface area contributed by atoms with Crippen molar-refractivity contribution in [2.75, 3.05) is 0 Å². The second-order valence-electron chi connectivity index (χ2n) is 7.66. The van der Waals surface area contributed by atoms with E-state index in [9.17, 15) is 0 Å². The third kappa shape index (κ3) is 3.18. The highest BCUT2D eigenvalue weighted by atomic mass is 14.7. The molecular weight excluding hydrogens is 254 g/mol. The van der Waals surface area contributed by atoms with Gasteiger partial charge in [-0.2, -0.15) is 0 Å². The average Bonchev–Trinajstić information content (AvgIpc) is 3.11. The van der Waals surface area contributed by atoms with Crippen molar-refractivity contribution in [3.8, 4) is 0 Å². The molecule has 0 spiro atoms. The van der Waals surface area contributed by atoms with Crippen molar-refractivity contribution in [3.63, 3.8) is 0 Å². The standard InChI is InChI=1S/C20H31N/c1-3-14(2)20(16-7-5-4-6-8-16)19(21)13-18-12-15-9-10-17(18)11-15/h4-8,14-15,17-20H,3,9-13,21H2,1-2H3. The molecule has 1 aromatic rings. The summed E-state index contributed by atoms with van der Waals surface area (Å²) in [5.74, 6) is 4.13. The Balaban J connectivity index is 1.70. The number of fused-ring (bicyclic) bond motifs is 2. The van der Waals surface area contributed by atoms with Crippen molar-refractivity contribution < 1.29 is 0 Å². The van der Waals surface area contributed by atoms with Crippen LogP contribution in [0.15, 0.2) is 30.3 Å². The number of nitrogens with two attached hydrogens (primary N) is 1. The number of hydrogen-bond donors (Lipinski definition) is 1. The zero-order chi connectivity index (χ0) is 14.8. The molecule has 6 atom stereocenters. The molecule has 3 rings (SSSR count). The lowest BCUT2D eigenvalue weighted by atomic mass is 9.75. The monoisotopic (exact) mass is 285 g/mol. The molecule has 2 bridgehead atoms. The van der Waals surface area contributed by atoms with Gasteiger partial charge in [-0.15, -0.1) is 0 Å². The first kappa shape index (κ1) is 15.1. The SMILES string of the molecule is CCC(C)C(c1ccccc1)C(N)CC1CC2CCC1C2. The van der Waals surface area contributed by atoms with Crippen LogP contribution in [0.25, 0.3) is 0 Å². The first-order valence-electron chi connectivity index (χ1n) is 8.99. The summed E-state index contributed by atoms with van der Waals surface area (Å²) < 4.78 is 0. The minimum atomic E-state index is 0.326. The van der Waals surface area contributed by atoms with Gasteiger partial charge in [0, 0.05) is 12.0 Å². The van der Waals surface area contributed by atoms with Gasteiger partial charge in [0.25, 0.3) is 0 Å². The quantitative estimate of drug-likeness (QED) is 0.784. The largest absolute Gasteiger partial charge is 0.327 e. The lowest BCUT2D eigenvalue weighted by Crippen LogP contribution is -2.35. The predicted molar refractivity (Wildman–Crippen MR) is 90.2 cm³/mol. The fourth-order valence-electron chi connectivity index (χ4n) is 5.09. The van der Waals surface area contributed by atoms with Gasteiger partial charge in [-0.25, -0.2) is 0 Å². The van der Waals surface area contributed by atoms with Crippen molar-refractivity contribution in [1.29, 1.82) is 0 Å². The fourth-order valence-corrected chi connectivity index (χ4v) is 5.09. The Labute approximate surface area is 130 Å². The summed E-state index contributed by atoms with van der Waals surface area (Å²) in [5.41, 5.74) is 8.18. The van der Waals surface area contributed by atoms with Gasteiger partial charge in [0.15, 0.2) is 0 Å². The first-order valence-corrected chi connectivity index (χ1v) is 8.99. The van der Waals surface area contributed by atoms with Gasteiger partial charge < -0.3 is 5.73 Å². The molecule has 21 heavy (non-hydrogen) atoms. The van der Waals surface area contributed by atoms with Crippen molar-refractivity contribution in [1.82, 2.24) is 0 Å². The zero-order valence-electron chi connectivity index (χ0n) is 13.7. The molecule has 1 aromatic carbocycles. The summed E-state index contributed by atoms with van der Waals surface area (Å²) in [5, 5.41) is 0. The minimum Gasteiger partial charge on any atom is -0.327 e. The van der Waals surface area contributed by atoms with Gasteiger partial charge in [0.1, 0.15) is 0 Å². The summed E-state index contributed by atoms with van der Waals surface area (Å²) in [6, 6.07) is 11.3. The van der Waals surface area contributed by atoms with Gasteiger partial charge in [0.2, 0.25) is 0 Å². The topological polar surface area (TPSA) is 26.0 Å². The molecular formula is C20H31N. The lowest BCUT2D eigenvalue weighted by molar-refractivity contribution is 0.261. The molecule has 0 heterocycles. The van der Waals surface area contributed by atoms with Gasteiger partial charge in [0.05, 0.1) is 0 Å². The van der Waals surface area contributed by atoms with E-state index in [1.807, 2.05) is 0 Å². The van der Waals surface area contributed by atoms with E-state index in [0.29, 0.717) is 17.9 Å². The maximum atomic E-state index is 6.74. The molecule has 2 aliphatic rings. The lowest BCUT2D eigenvalue weighted by Gasteiger charge is -2.33. The normalized spacial score (nSPS) is 32.0. The predicted octanol–water partition coefficient (Wildman–Crippen LogP) is 4.97. The molecule has 2 saturated carbocycles. The number of benzene rings is 1. The summed E-state index contributed by atoms with van der Waals surface area (Å²) in [4.78, 5) is 0. The van der Waals surface area contributed by atoms with Crippen LogP contribution in [0.1, 0.15) is 63.9 Å². The van der Waals surface area contributed by atoms with Crippen LogP contribution >= 0.6 is 0 Å². The molecule has 0 saturated heterocycles. The molecule has 2 N–H and O–H groups in total.